The van der Waals surface area contributed by atoms with Crippen LogP contribution in [-0.4, -0.2) is 23.1 Å². The number of para-hydroxylation sites is 2. The van der Waals surface area contributed by atoms with Crippen molar-refractivity contribution >= 4 is 11.4 Å². The van der Waals surface area contributed by atoms with Gasteiger partial charge in [0.15, 0.2) is 5.66 Å². The Morgan fingerprint density at radius 2 is 0.932 bits per heavy atom. The number of nitrogens with zero attached hydrogens (tertiary/aromatic N) is 4. The van der Waals surface area contributed by atoms with Gasteiger partial charge in [0.25, 0.3) is 0 Å². The third-order valence-corrected chi connectivity index (χ3v) is 9.13. The summed E-state index contributed by atoms with van der Waals surface area (Å²) in [6.07, 6.45) is 8.95. The highest BCUT2D eigenvalue weighted by atomic mass is 16.5. The molecule has 0 aliphatic carbocycles. The van der Waals surface area contributed by atoms with Crippen molar-refractivity contribution in [3.63, 3.8) is 0 Å². The van der Waals surface area contributed by atoms with Crippen LogP contribution in [0, 0.1) is 0 Å². The third kappa shape index (κ3) is 4.62. The Morgan fingerprint density at radius 1 is 0.523 bits per heavy atom. The molecule has 0 saturated heterocycles. The van der Waals surface area contributed by atoms with Crippen LogP contribution < -0.4 is 14.5 Å². The van der Waals surface area contributed by atoms with Gasteiger partial charge in [-0.15, -0.1) is 0 Å². The van der Waals surface area contributed by atoms with E-state index in [1.54, 1.807) is 0 Å². The summed E-state index contributed by atoms with van der Waals surface area (Å²) < 4.78 is 6.78. The first-order chi connectivity index (χ1) is 21.0. The molecule has 4 aromatic carbocycles. The number of benzene rings is 4. The molecule has 7 rings (SSSR count). The van der Waals surface area contributed by atoms with Crippen LogP contribution in [-0.2, 0) is 16.5 Å². The van der Waals surface area contributed by atoms with Crippen molar-refractivity contribution in [1.29, 1.82) is 0 Å². The lowest BCUT2D eigenvalue weighted by Crippen LogP contribution is -2.57. The van der Waals surface area contributed by atoms with Crippen LogP contribution >= 0.6 is 0 Å². The predicted octanol–water partition coefficient (Wildman–Crippen LogP) is 9.09. The lowest BCUT2D eigenvalue weighted by Gasteiger charge is -2.52. The Bertz CT molecular complexity index is 1600. The van der Waals surface area contributed by atoms with Crippen LogP contribution in [0.4, 0.5) is 11.4 Å². The van der Waals surface area contributed by atoms with Gasteiger partial charge in [0.2, 0.25) is 0 Å². The molecule has 224 valence electrons. The molecule has 0 radical (unpaired) electrons. The Labute approximate surface area is 262 Å². The lowest BCUT2D eigenvalue weighted by atomic mass is 9.78. The van der Waals surface area contributed by atoms with E-state index in [1.165, 1.54) is 22.5 Å². The normalized spacial score (nSPS) is 17.1. The number of hydrogen-bond acceptors (Lipinski definition) is 5. The van der Waals surface area contributed by atoms with E-state index in [0.717, 1.165) is 22.6 Å². The van der Waals surface area contributed by atoms with E-state index in [1.807, 2.05) is 0 Å². The van der Waals surface area contributed by atoms with Crippen LogP contribution in [0.15, 0.2) is 122 Å². The highest BCUT2D eigenvalue weighted by molar-refractivity contribution is 5.62. The van der Waals surface area contributed by atoms with Gasteiger partial charge in [-0.3, -0.25) is 0 Å². The fraction of sp³-hybridized carbons (Fsp3) is 0.282. The van der Waals surface area contributed by atoms with Crippen molar-refractivity contribution in [2.45, 2.75) is 58.0 Å². The summed E-state index contributed by atoms with van der Waals surface area (Å²) in [5.74, 6) is 1.79. The maximum atomic E-state index is 6.78. The standard InChI is InChI=1S/C39H42N4O/c1-37(2,3)29-17-19-35-33(25-29)39(34-26-30(38(4,5)6)18-20-36(34)44-35,42-23-21-40(27-42)31-13-9-7-10-14-31)43-24-22-41(28-43)32-15-11-8-12-16-32/h7-26H,27-28H2,1-6H3. The summed E-state index contributed by atoms with van der Waals surface area (Å²) in [5.41, 5.74) is 6.49. The van der Waals surface area contributed by atoms with Gasteiger partial charge in [-0.05, 0) is 70.5 Å². The SMILES string of the molecule is CC(C)(C)c1ccc2c(c1)C(N1C=CN(c3ccccc3)C1)(N1C=CN(c3ccccc3)C1)c1cc(C(C)(C)C)ccc1O2. The zero-order valence-corrected chi connectivity index (χ0v) is 26.7. The largest absolute Gasteiger partial charge is 0.456 e. The summed E-state index contributed by atoms with van der Waals surface area (Å²) in [5, 5.41) is 0. The van der Waals surface area contributed by atoms with Gasteiger partial charge in [-0.2, -0.15) is 0 Å². The van der Waals surface area contributed by atoms with E-state index >= 15 is 0 Å². The topological polar surface area (TPSA) is 22.2 Å². The maximum absolute atomic E-state index is 6.78. The summed E-state index contributed by atoms with van der Waals surface area (Å²) in [4.78, 5) is 9.65. The quantitative estimate of drug-likeness (QED) is 0.239. The molecule has 44 heavy (non-hydrogen) atoms. The van der Waals surface area contributed by atoms with Gasteiger partial charge < -0.3 is 24.3 Å². The van der Waals surface area contributed by atoms with E-state index in [-0.39, 0.29) is 10.8 Å². The Kier molecular flexibility index (Phi) is 6.54. The molecular weight excluding hydrogens is 540 g/mol. The third-order valence-electron chi connectivity index (χ3n) is 9.13. The second-order valence-corrected chi connectivity index (χ2v) is 14.1. The molecule has 0 bridgehead atoms. The van der Waals surface area contributed by atoms with E-state index in [2.05, 4.69) is 183 Å². The van der Waals surface area contributed by atoms with Crippen LogP contribution in [0.5, 0.6) is 11.5 Å². The fourth-order valence-corrected chi connectivity index (χ4v) is 6.60. The number of rotatable bonds is 4. The summed E-state index contributed by atoms with van der Waals surface area (Å²) in [6, 6.07) is 34.8. The van der Waals surface area contributed by atoms with Crippen molar-refractivity contribution in [2.24, 2.45) is 0 Å². The predicted molar refractivity (Wildman–Crippen MR) is 181 cm³/mol. The molecule has 3 aliphatic heterocycles. The Hall–Kier alpha value is -4.64. The minimum atomic E-state index is -0.675. The van der Waals surface area contributed by atoms with Gasteiger partial charge >= 0.3 is 0 Å². The Balaban J connectivity index is 1.47. The van der Waals surface area contributed by atoms with Crippen molar-refractivity contribution < 1.29 is 4.74 Å². The molecule has 0 atom stereocenters. The molecule has 5 nitrogen and oxygen atoms in total. The summed E-state index contributed by atoms with van der Waals surface area (Å²) >= 11 is 0. The number of fused-ring (bicyclic) bond motifs is 2. The molecule has 0 amide bonds. The van der Waals surface area contributed by atoms with Gasteiger partial charge in [0.1, 0.15) is 11.5 Å². The molecule has 4 aromatic rings. The van der Waals surface area contributed by atoms with Crippen LogP contribution in [0.1, 0.15) is 63.8 Å². The molecule has 3 aliphatic rings. The van der Waals surface area contributed by atoms with E-state index in [0.29, 0.717) is 13.3 Å². The minimum Gasteiger partial charge on any atom is -0.456 e. The van der Waals surface area contributed by atoms with Crippen molar-refractivity contribution in [2.75, 3.05) is 23.1 Å². The molecule has 3 heterocycles. The van der Waals surface area contributed by atoms with E-state index in [4.69, 9.17) is 4.74 Å². The first-order valence-corrected chi connectivity index (χ1v) is 15.6. The molecule has 0 aromatic heterocycles. The molecule has 0 fully saturated rings. The van der Waals surface area contributed by atoms with Crippen molar-refractivity contribution in [3.05, 3.63) is 144 Å². The van der Waals surface area contributed by atoms with E-state index < -0.39 is 5.66 Å². The van der Waals surface area contributed by atoms with Crippen molar-refractivity contribution in [1.82, 2.24) is 9.80 Å². The van der Waals surface area contributed by atoms with Gasteiger partial charge in [0.05, 0.1) is 13.3 Å². The Morgan fingerprint density at radius 3 is 1.32 bits per heavy atom. The molecule has 0 N–H and O–H groups in total. The smallest absolute Gasteiger partial charge is 0.175 e. The maximum Gasteiger partial charge on any atom is 0.175 e. The highest BCUT2D eigenvalue weighted by Gasteiger charge is 2.53. The fourth-order valence-electron chi connectivity index (χ4n) is 6.60. The molecule has 5 heteroatoms. The van der Waals surface area contributed by atoms with Gasteiger partial charge in [0, 0.05) is 47.3 Å². The molecule has 0 spiro atoms. The monoisotopic (exact) mass is 582 g/mol. The first kappa shape index (κ1) is 28.1. The second kappa shape index (κ2) is 10.2. The van der Waals surface area contributed by atoms with Gasteiger partial charge in [-0.25, -0.2) is 0 Å². The van der Waals surface area contributed by atoms with Crippen LogP contribution in [0.25, 0.3) is 0 Å². The molecule has 0 unspecified atom stereocenters. The summed E-state index contributed by atoms with van der Waals surface area (Å²) in [7, 11) is 0. The highest BCUT2D eigenvalue weighted by Crippen LogP contribution is 2.55. The zero-order valence-electron chi connectivity index (χ0n) is 26.7. The van der Waals surface area contributed by atoms with Crippen LogP contribution in [0.3, 0.4) is 0 Å². The number of hydrogen-bond donors (Lipinski definition) is 0. The van der Waals surface area contributed by atoms with Crippen LogP contribution in [0.2, 0.25) is 0 Å². The first-order valence-electron chi connectivity index (χ1n) is 15.6. The number of ether oxygens (including phenoxy) is 1. The average molecular weight is 583 g/mol. The van der Waals surface area contributed by atoms with Gasteiger partial charge in [-0.1, -0.05) is 90.1 Å². The summed E-state index contributed by atoms with van der Waals surface area (Å²) in [6.45, 7) is 15.1. The molecular formula is C39H42N4O. The number of anilines is 2. The molecule has 0 saturated carbocycles. The van der Waals surface area contributed by atoms with Crippen molar-refractivity contribution in [3.8, 4) is 11.5 Å². The minimum absolute atomic E-state index is 0.0256. The second-order valence-electron chi connectivity index (χ2n) is 14.1. The average Bonchev–Trinajstić information content (AvgIpc) is 3.71. The van der Waals surface area contributed by atoms with E-state index in [9.17, 15) is 0 Å². The zero-order chi connectivity index (χ0) is 30.7. The lowest BCUT2D eigenvalue weighted by molar-refractivity contribution is 0.0381.